The van der Waals surface area contributed by atoms with Crippen LogP contribution in [0.2, 0.25) is 0 Å². The predicted octanol–water partition coefficient (Wildman–Crippen LogP) is 3.92. The first-order chi connectivity index (χ1) is 12.3. The first-order valence-electron chi connectivity index (χ1n) is 9.17. The highest BCUT2D eigenvalue weighted by Gasteiger charge is 2.33. The Morgan fingerprint density at radius 1 is 1.27 bits per heavy atom. The fraction of sp³-hybridized carbons (Fsp3) is 0.579. The summed E-state index contributed by atoms with van der Waals surface area (Å²) in [6.45, 7) is 9.18. The van der Waals surface area contributed by atoms with Crippen LogP contribution in [-0.4, -0.2) is 36.0 Å². The monoisotopic (exact) mass is 393 g/mol. The molecule has 3 rings (SSSR count). The number of nitrogens with zero attached hydrogens (tertiary/aromatic N) is 3. The van der Waals surface area contributed by atoms with Crippen molar-refractivity contribution in [3.05, 3.63) is 39.3 Å². The van der Waals surface area contributed by atoms with Crippen LogP contribution in [0.4, 0.5) is 0 Å². The van der Waals surface area contributed by atoms with Crippen LogP contribution in [0, 0.1) is 19.8 Å². The number of hydrogen-bond donors (Lipinski definition) is 0. The molecule has 0 aliphatic carbocycles. The van der Waals surface area contributed by atoms with E-state index in [1.165, 1.54) is 0 Å². The first kappa shape index (κ1) is 19.5. The van der Waals surface area contributed by atoms with Gasteiger partial charge in [0.05, 0.1) is 4.90 Å². The Morgan fingerprint density at radius 2 is 2.04 bits per heavy atom. The van der Waals surface area contributed by atoms with Gasteiger partial charge in [-0.1, -0.05) is 26.0 Å². The number of benzene rings is 1. The third kappa shape index (κ3) is 4.15. The summed E-state index contributed by atoms with van der Waals surface area (Å²) in [6, 6.07) is 5.61. The second-order valence-corrected chi connectivity index (χ2v) is 10.6. The van der Waals surface area contributed by atoms with Crippen molar-refractivity contribution in [2.75, 3.05) is 13.1 Å². The molecule has 5 nitrogen and oxygen atoms in total. The summed E-state index contributed by atoms with van der Waals surface area (Å²) in [5, 5.41) is 10.7. The molecule has 26 heavy (non-hydrogen) atoms. The number of piperidine rings is 1. The van der Waals surface area contributed by atoms with Gasteiger partial charge in [-0.25, -0.2) is 8.42 Å². The molecule has 0 spiro atoms. The van der Waals surface area contributed by atoms with E-state index in [0.717, 1.165) is 40.4 Å². The molecular weight excluding hydrogens is 366 g/mol. The Labute approximate surface area is 160 Å². The highest BCUT2D eigenvalue weighted by atomic mass is 32.2. The lowest BCUT2D eigenvalue weighted by Gasteiger charge is -2.31. The van der Waals surface area contributed by atoms with Crippen LogP contribution < -0.4 is 0 Å². The minimum atomic E-state index is -3.48. The van der Waals surface area contributed by atoms with Gasteiger partial charge < -0.3 is 0 Å². The van der Waals surface area contributed by atoms with Gasteiger partial charge in [-0.3, -0.25) is 0 Å². The highest BCUT2D eigenvalue weighted by molar-refractivity contribution is 7.89. The van der Waals surface area contributed by atoms with Gasteiger partial charge in [-0.05, 0) is 49.8 Å². The SMILES string of the molecule is Cc1ccc(C)c(S(=O)(=O)N2CCCC(c3nnc(CC(C)C)s3)C2)c1. The normalized spacial score (nSPS) is 19.2. The Balaban J connectivity index is 1.81. The van der Waals surface area contributed by atoms with E-state index in [1.54, 1.807) is 21.7 Å². The largest absolute Gasteiger partial charge is 0.243 e. The zero-order valence-electron chi connectivity index (χ0n) is 15.9. The van der Waals surface area contributed by atoms with Gasteiger partial charge >= 0.3 is 0 Å². The lowest BCUT2D eigenvalue weighted by atomic mass is 10.0. The Morgan fingerprint density at radius 3 is 2.77 bits per heavy atom. The smallest absolute Gasteiger partial charge is 0.207 e. The molecule has 1 saturated heterocycles. The van der Waals surface area contributed by atoms with Gasteiger partial charge in [-0.2, -0.15) is 4.31 Å². The molecule has 0 N–H and O–H groups in total. The van der Waals surface area contributed by atoms with Crippen LogP contribution in [0.25, 0.3) is 0 Å². The van der Waals surface area contributed by atoms with Crippen LogP contribution in [0.5, 0.6) is 0 Å². The topological polar surface area (TPSA) is 63.2 Å². The summed E-state index contributed by atoms with van der Waals surface area (Å²) >= 11 is 1.64. The van der Waals surface area contributed by atoms with E-state index in [0.29, 0.717) is 23.9 Å². The summed E-state index contributed by atoms with van der Waals surface area (Å²) in [4.78, 5) is 0.427. The maximum absolute atomic E-state index is 13.2. The van der Waals surface area contributed by atoms with Crippen LogP contribution in [0.1, 0.15) is 53.7 Å². The quantitative estimate of drug-likeness (QED) is 0.772. The van der Waals surface area contributed by atoms with Crippen LogP contribution in [0.3, 0.4) is 0 Å². The third-order valence-corrected chi connectivity index (χ3v) is 7.88. The van der Waals surface area contributed by atoms with Crippen LogP contribution in [-0.2, 0) is 16.4 Å². The van der Waals surface area contributed by atoms with Crippen molar-refractivity contribution in [2.24, 2.45) is 5.92 Å². The van der Waals surface area contributed by atoms with E-state index in [1.807, 2.05) is 26.0 Å². The standard InChI is InChI=1S/C19H27N3O2S2/c1-13(2)10-18-20-21-19(25-18)16-6-5-9-22(12-16)26(23,24)17-11-14(3)7-8-15(17)4/h7-8,11,13,16H,5-6,9-10,12H2,1-4H3. The van der Waals surface area contributed by atoms with Gasteiger partial charge in [-0.15, -0.1) is 21.5 Å². The molecule has 1 aromatic carbocycles. The molecule has 0 amide bonds. The maximum Gasteiger partial charge on any atom is 0.243 e. The van der Waals surface area contributed by atoms with Gasteiger partial charge in [0.1, 0.15) is 10.0 Å². The maximum atomic E-state index is 13.2. The van der Waals surface area contributed by atoms with Gasteiger partial charge in [0.25, 0.3) is 0 Å². The number of rotatable bonds is 5. The minimum absolute atomic E-state index is 0.141. The fourth-order valence-electron chi connectivity index (χ4n) is 3.35. The molecule has 1 aromatic heterocycles. The number of aromatic nitrogens is 2. The summed E-state index contributed by atoms with van der Waals surface area (Å²) in [7, 11) is -3.48. The first-order valence-corrected chi connectivity index (χ1v) is 11.4. The van der Waals surface area contributed by atoms with Crippen molar-refractivity contribution in [1.29, 1.82) is 0 Å². The molecule has 7 heteroatoms. The van der Waals surface area contributed by atoms with Crippen molar-refractivity contribution in [1.82, 2.24) is 14.5 Å². The molecule has 2 heterocycles. The Bertz CT molecular complexity index is 875. The second kappa shape index (κ2) is 7.74. The average molecular weight is 394 g/mol. The summed E-state index contributed by atoms with van der Waals surface area (Å²) in [6.07, 6.45) is 2.75. The van der Waals surface area contributed by atoms with E-state index in [-0.39, 0.29) is 5.92 Å². The van der Waals surface area contributed by atoms with Crippen LogP contribution >= 0.6 is 11.3 Å². The molecule has 0 radical (unpaired) electrons. The average Bonchev–Trinajstić information content (AvgIpc) is 3.05. The number of aryl methyl sites for hydroxylation is 2. The van der Waals surface area contributed by atoms with E-state index in [9.17, 15) is 8.42 Å². The summed E-state index contributed by atoms with van der Waals surface area (Å²) in [5.41, 5.74) is 1.76. The molecular formula is C19H27N3O2S2. The van der Waals surface area contributed by atoms with Crippen molar-refractivity contribution in [3.8, 4) is 0 Å². The minimum Gasteiger partial charge on any atom is -0.207 e. The van der Waals surface area contributed by atoms with E-state index in [4.69, 9.17) is 0 Å². The summed E-state index contributed by atoms with van der Waals surface area (Å²) in [5.74, 6) is 0.686. The number of sulfonamides is 1. The summed E-state index contributed by atoms with van der Waals surface area (Å²) < 4.78 is 28.0. The van der Waals surface area contributed by atoms with Crippen molar-refractivity contribution in [2.45, 2.75) is 57.8 Å². The molecule has 1 aliphatic heterocycles. The fourth-order valence-corrected chi connectivity index (χ4v) is 6.36. The molecule has 0 saturated carbocycles. The van der Waals surface area contributed by atoms with Crippen LogP contribution in [0.15, 0.2) is 23.1 Å². The Hall–Kier alpha value is -1.31. The van der Waals surface area contributed by atoms with Gasteiger partial charge in [0, 0.05) is 25.4 Å². The Kier molecular flexibility index (Phi) is 5.79. The van der Waals surface area contributed by atoms with E-state index < -0.39 is 10.0 Å². The molecule has 0 bridgehead atoms. The van der Waals surface area contributed by atoms with Crippen molar-refractivity contribution >= 4 is 21.4 Å². The van der Waals surface area contributed by atoms with E-state index >= 15 is 0 Å². The lowest BCUT2D eigenvalue weighted by molar-refractivity contribution is 0.314. The zero-order chi connectivity index (χ0) is 18.9. The van der Waals surface area contributed by atoms with Crippen molar-refractivity contribution < 1.29 is 8.42 Å². The zero-order valence-corrected chi connectivity index (χ0v) is 17.5. The molecule has 2 aromatic rings. The predicted molar refractivity (Wildman–Crippen MR) is 105 cm³/mol. The third-order valence-electron chi connectivity index (χ3n) is 4.76. The molecule has 1 unspecified atom stereocenters. The van der Waals surface area contributed by atoms with Gasteiger partial charge in [0.2, 0.25) is 10.0 Å². The lowest BCUT2D eigenvalue weighted by Crippen LogP contribution is -2.39. The molecule has 1 aliphatic rings. The number of hydrogen-bond acceptors (Lipinski definition) is 5. The molecule has 1 atom stereocenters. The molecule has 1 fully saturated rings. The second-order valence-electron chi connectivity index (χ2n) is 7.60. The highest BCUT2D eigenvalue weighted by Crippen LogP contribution is 2.33. The molecule has 142 valence electrons. The van der Waals surface area contributed by atoms with E-state index in [2.05, 4.69) is 24.0 Å². The van der Waals surface area contributed by atoms with Gasteiger partial charge in [0.15, 0.2) is 0 Å². The van der Waals surface area contributed by atoms with Crippen molar-refractivity contribution in [3.63, 3.8) is 0 Å².